The SMILES string of the molecule is O=C(Nc1c(OCC(F)F)cccc1C(=O)O)OCc1ccccc1. The molecule has 0 unspecified atom stereocenters. The number of carbonyl (C=O) groups excluding carboxylic acids is 1. The molecule has 2 N–H and O–H groups in total. The molecule has 2 aromatic carbocycles. The fourth-order valence-corrected chi connectivity index (χ4v) is 1.97. The number of amides is 1. The number of ether oxygens (including phenoxy) is 2. The third-order valence-corrected chi connectivity index (χ3v) is 3.06. The summed E-state index contributed by atoms with van der Waals surface area (Å²) in [5.74, 6) is -1.53. The maximum absolute atomic E-state index is 12.3. The Bertz CT molecular complexity index is 737. The van der Waals surface area contributed by atoms with Gasteiger partial charge in [0.05, 0.1) is 5.56 Å². The lowest BCUT2D eigenvalue weighted by Gasteiger charge is -2.14. The molecule has 25 heavy (non-hydrogen) atoms. The molecule has 0 spiro atoms. The van der Waals surface area contributed by atoms with Crippen molar-refractivity contribution in [3.8, 4) is 5.75 Å². The van der Waals surface area contributed by atoms with Crippen LogP contribution in [0.2, 0.25) is 0 Å². The van der Waals surface area contributed by atoms with E-state index in [1.54, 1.807) is 30.3 Å². The van der Waals surface area contributed by atoms with E-state index in [1.165, 1.54) is 18.2 Å². The Kier molecular flexibility index (Phi) is 6.27. The van der Waals surface area contributed by atoms with E-state index in [9.17, 15) is 23.5 Å². The Morgan fingerprint density at radius 3 is 2.44 bits per heavy atom. The summed E-state index contributed by atoms with van der Waals surface area (Å²) in [6, 6.07) is 12.7. The Labute approximate surface area is 142 Å². The number of hydrogen-bond donors (Lipinski definition) is 2. The average molecular weight is 351 g/mol. The van der Waals surface area contributed by atoms with Crippen molar-refractivity contribution in [1.29, 1.82) is 0 Å². The number of nitrogens with one attached hydrogen (secondary N) is 1. The van der Waals surface area contributed by atoms with Gasteiger partial charge in [0.25, 0.3) is 6.43 Å². The van der Waals surface area contributed by atoms with Gasteiger partial charge in [0.1, 0.15) is 24.7 Å². The highest BCUT2D eigenvalue weighted by Crippen LogP contribution is 2.29. The van der Waals surface area contributed by atoms with Crippen LogP contribution in [0.5, 0.6) is 5.75 Å². The highest BCUT2D eigenvalue weighted by molar-refractivity contribution is 6.00. The van der Waals surface area contributed by atoms with Crippen molar-refractivity contribution in [2.45, 2.75) is 13.0 Å². The minimum Gasteiger partial charge on any atom is -0.485 e. The molecule has 0 aliphatic rings. The molecule has 0 heterocycles. The maximum Gasteiger partial charge on any atom is 0.412 e. The standard InChI is InChI=1S/C17H15F2NO5/c18-14(19)10-24-13-8-4-7-12(16(21)22)15(13)20-17(23)25-9-11-5-2-1-3-6-11/h1-8,14H,9-10H2,(H,20,23)(H,21,22). The maximum atomic E-state index is 12.3. The van der Waals surface area contributed by atoms with Gasteiger partial charge >= 0.3 is 12.1 Å². The molecule has 0 bridgehead atoms. The molecule has 8 heteroatoms. The number of rotatable bonds is 7. The third kappa shape index (κ3) is 5.45. The van der Waals surface area contributed by atoms with Crippen LogP contribution in [0.4, 0.5) is 19.3 Å². The highest BCUT2D eigenvalue weighted by atomic mass is 19.3. The predicted molar refractivity (Wildman–Crippen MR) is 85.2 cm³/mol. The predicted octanol–water partition coefficient (Wildman–Crippen LogP) is 3.78. The van der Waals surface area contributed by atoms with Gasteiger partial charge in [-0.3, -0.25) is 5.32 Å². The summed E-state index contributed by atoms with van der Waals surface area (Å²) < 4.78 is 34.5. The van der Waals surface area contributed by atoms with Crippen molar-refractivity contribution in [3.63, 3.8) is 0 Å². The number of halogens is 2. The number of aromatic carboxylic acids is 1. The van der Waals surface area contributed by atoms with E-state index in [-0.39, 0.29) is 23.6 Å². The van der Waals surface area contributed by atoms with Crippen molar-refractivity contribution >= 4 is 17.7 Å². The molecule has 0 fully saturated rings. The summed E-state index contributed by atoms with van der Waals surface area (Å²) in [7, 11) is 0. The van der Waals surface area contributed by atoms with Crippen LogP contribution in [0.15, 0.2) is 48.5 Å². The summed E-state index contributed by atoms with van der Waals surface area (Å²) in [6.07, 6.45) is -3.68. The van der Waals surface area contributed by atoms with Crippen molar-refractivity contribution in [3.05, 3.63) is 59.7 Å². The van der Waals surface area contributed by atoms with E-state index in [2.05, 4.69) is 5.32 Å². The Morgan fingerprint density at radius 1 is 1.08 bits per heavy atom. The summed E-state index contributed by atoms with van der Waals surface area (Å²) >= 11 is 0. The first-order valence-electron chi connectivity index (χ1n) is 7.22. The molecular formula is C17H15F2NO5. The fraction of sp³-hybridized carbons (Fsp3) is 0.176. The minimum atomic E-state index is -2.74. The van der Waals surface area contributed by atoms with Crippen LogP contribution in [0.3, 0.4) is 0 Å². The first-order chi connectivity index (χ1) is 12.0. The lowest BCUT2D eigenvalue weighted by molar-refractivity contribution is 0.0696. The van der Waals surface area contributed by atoms with Gasteiger partial charge in [-0.2, -0.15) is 0 Å². The molecule has 0 saturated heterocycles. The Hall–Kier alpha value is -3.16. The summed E-state index contributed by atoms with van der Waals surface area (Å²) in [4.78, 5) is 23.2. The molecule has 0 aliphatic carbocycles. The quantitative estimate of drug-likeness (QED) is 0.793. The number of hydrogen-bond acceptors (Lipinski definition) is 4. The number of anilines is 1. The molecule has 2 rings (SSSR count). The first kappa shape index (κ1) is 18.2. The summed E-state index contributed by atoms with van der Waals surface area (Å²) in [6.45, 7) is -0.966. The van der Waals surface area contributed by atoms with Gasteiger partial charge in [0.2, 0.25) is 0 Å². The zero-order valence-electron chi connectivity index (χ0n) is 12.9. The molecule has 0 radical (unpaired) electrons. The normalized spacial score (nSPS) is 10.4. The van der Waals surface area contributed by atoms with Crippen molar-refractivity contribution in [1.82, 2.24) is 0 Å². The molecule has 2 aromatic rings. The Balaban J connectivity index is 2.12. The zero-order valence-corrected chi connectivity index (χ0v) is 12.9. The number of carboxylic acid groups (broad SMARTS) is 1. The molecule has 1 amide bonds. The highest BCUT2D eigenvalue weighted by Gasteiger charge is 2.19. The third-order valence-electron chi connectivity index (χ3n) is 3.06. The lowest BCUT2D eigenvalue weighted by atomic mass is 10.1. The molecule has 0 atom stereocenters. The van der Waals surface area contributed by atoms with Crippen LogP contribution in [-0.2, 0) is 11.3 Å². The minimum absolute atomic E-state index is 0.0326. The molecule has 0 saturated carbocycles. The van der Waals surface area contributed by atoms with Crippen LogP contribution in [0, 0.1) is 0 Å². The second-order valence-corrected chi connectivity index (χ2v) is 4.87. The second-order valence-electron chi connectivity index (χ2n) is 4.87. The van der Waals surface area contributed by atoms with E-state index in [1.807, 2.05) is 0 Å². The zero-order chi connectivity index (χ0) is 18.2. The van der Waals surface area contributed by atoms with Gasteiger partial charge in [0.15, 0.2) is 0 Å². The number of para-hydroxylation sites is 1. The van der Waals surface area contributed by atoms with Gasteiger partial charge < -0.3 is 14.6 Å². The number of benzene rings is 2. The van der Waals surface area contributed by atoms with Crippen molar-refractivity contribution in [2.24, 2.45) is 0 Å². The van der Waals surface area contributed by atoms with Crippen molar-refractivity contribution < 1.29 is 33.0 Å². The topological polar surface area (TPSA) is 84.9 Å². The Morgan fingerprint density at radius 2 is 1.80 bits per heavy atom. The van der Waals surface area contributed by atoms with Crippen LogP contribution in [0.25, 0.3) is 0 Å². The lowest BCUT2D eigenvalue weighted by Crippen LogP contribution is -2.18. The number of alkyl halides is 2. The second kappa shape index (κ2) is 8.62. The van der Waals surface area contributed by atoms with Gasteiger partial charge in [-0.05, 0) is 17.7 Å². The van der Waals surface area contributed by atoms with Crippen LogP contribution in [0.1, 0.15) is 15.9 Å². The summed E-state index contributed by atoms with van der Waals surface area (Å²) in [5.41, 5.74) is 0.190. The molecule has 0 aromatic heterocycles. The van der Waals surface area contributed by atoms with E-state index < -0.39 is 25.1 Å². The molecular weight excluding hydrogens is 336 g/mol. The number of carbonyl (C=O) groups is 2. The van der Waals surface area contributed by atoms with E-state index in [0.29, 0.717) is 0 Å². The van der Waals surface area contributed by atoms with Crippen LogP contribution < -0.4 is 10.1 Å². The van der Waals surface area contributed by atoms with Gasteiger partial charge in [-0.15, -0.1) is 0 Å². The molecule has 132 valence electrons. The largest absolute Gasteiger partial charge is 0.485 e. The van der Waals surface area contributed by atoms with Gasteiger partial charge in [-0.1, -0.05) is 36.4 Å². The van der Waals surface area contributed by atoms with E-state index in [0.717, 1.165) is 5.56 Å². The fourth-order valence-electron chi connectivity index (χ4n) is 1.97. The first-order valence-corrected chi connectivity index (χ1v) is 7.22. The van der Waals surface area contributed by atoms with E-state index in [4.69, 9.17) is 9.47 Å². The van der Waals surface area contributed by atoms with Gasteiger partial charge in [0, 0.05) is 0 Å². The van der Waals surface area contributed by atoms with Gasteiger partial charge in [-0.25, -0.2) is 18.4 Å². The smallest absolute Gasteiger partial charge is 0.412 e. The van der Waals surface area contributed by atoms with Crippen molar-refractivity contribution in [2.75, 3.05) is 11.9 Å². The monoisotopic (exact) mass is 351 g/mol. The number of carboxylic acids is 1. The average Bonchev–Trinajstić information content (AvgIpc) is 2.59. The summed E-state index contributed by atoms with van der Waals surface area (Å²) in [5, 5.41) is 11.4. The van der Waals surface area contributed by atoms with E-state index >= 15 is 0 Å². The van der Waals surface area contributed by atoms with Crippen LogP contribution >= 0.6 is 0 Å². The molecule has 6 nitrogen and oxygen atoms in total. The van der Waals surface area contributed by atoms with Crippen LogP contribution in [-0.4, -0.2) is 30.2 Å². The molecule has 0 aliphatic heterocycles.